The van der Waals surface area contributed by atoms with Gasteiger partial charge in [0.05, 0.1) is 19.0 Å². The summed E-state index contributed by atoms with van der Waals surface area (Å²) >= 11 is 0. The molecule has 0 fully saturated rings. The first-order valence-electron chi connectivity index (χ1n) is 7.11. The minimum absolute atomic E-state index is 0.145. The van der Waals surface area contributed by atoms with E-state index in [1.807, 2.05) is 24.3 Å². The molecule has 2 aromatic carbocycles. The van der Waals surface area contributed by atoms with Crippen LogP contribution >= 0.6 is 0 Å². The van der Waals surface area contributed by atoms with Crippen LogP contribution in [-0.4, -0.2) is 30.4 Å². The van der Waals surface area contributed by atoms with Crippen molar-refractivity contribution in [1.82, 2.24) is 5.43 Å². The molecule has 6 heteroatoms. The minimum Gasteiger partial charge on any atom is -0.508 e. The molecule has 0 bridgehead atoms. The Labute approximate surface area is 134 Å². The molecule has 0 heterocycles. The van der Waals surface area contributed by atoms with Crippen LogP contribution in [0, 0.1) is 0 Å². The summed E-state index contributed by atoms with van der Waals surface area (Å²) in [5.41, 5.74) is 3.88. The zero-order valence-electron chi connectivity index (χ0n) is 13.0. The van der Waals surface area contributed by atoms with Gasteiger partial charge in [0.25, 0.3) is 5.91 Å². The van der Waals surface area contributed by atoms with Gasteiger partial charge in [0.2, 0.25) is 0 Å². The lowest BCUT2D eigenvalue weighted by molar-refractivity contribution is -0.121. The van der Waals surface area contributed by atoms with Crippen molar-refractivity contribution in [1.29, 1.82) is 0 Å². The van der Waals surface area contributed by atoms with Crippen molar-refractivity contribution in [3.8, 4) is 11.5 Å². The van der Waals surface area contributed by atoms with Crippen molar-refractivity contribution in [3.05, 3.63) is 54.1 Å². The number of anilines is 1. The average Bonchev–Trinajstić information content (AvgIpc) is 2.55. The Morgan fingerprint density at radius 1 is 1.26 bits per heavy atom. The van der Waals surface area contributed by atoms with Crippen molar-refractivity contribution < 1.29 is 14.6 Å². The van der Waals surface area contributed by atoms with E-state index in [0.717, 1.165) is 5.69 Å². The van der Waals surface area contributed by atoms with Gasteiger partial charge in [-0.15, -0.1) is 0 Å². The van der Waals surface area contributed by atoms with Gasteiger partial charge in [-0.25, -0.2) is 5.43 Å². The number of amides is 1. The number of methoxy groups -OCH3 is 1. The summed E-state index contributed by atoms with van der Waals surface area (Å²) in [6.07, 6.45) is 1.47. The molecule has 0 aliphatic heterocycles. The number of para-hydroxylation sites is 2. The number of carbonyl (C=O) groups is 1. The second kappa shape index (κ2) is 7.84. The van der Waals surface area contributed by atoms with E-state index in [4.69, 9.17) is 4.74 Å². The lowest BCUT2D eigenvalue weighted by Gasteiger charge is -2.15. The van der Waals surface area contributed by atoms with E-state index in [-0.39, 0.29) is 11.7 Å². The number of nitrogens with zero attached hydrogens (tertiary/aromatic N) is 1. The number of aromatic hydroxyl groups is 1. The molecule has 1 amide bonds. The van der Waals surface area contributed by atoms with Crippen LogP contribution in [0.25, 0.3) is 0 Å². The standard InChI is InChI=1S/C17H19N3O3/c1-12(19-15-8-3-4-9-16(15)23-2)17(22)20-18-11-13-6-5-7-14(21)10-13/h3-12,19,21H,1-2H3,(H,20,22)/b18-11-/t12-/m1/s1. The van der Waals surface area contributed by atoms with Gasteiger partial charge in [0.1, 0.15) is 17.5 Å². The third-order valence-corrected chi connectivity index (χ3v) is 3.13. The number of hydrazone groups is 1. The van der Waals surface area contributed by atoms with Gasteiger partial charge in [-0.2, -0.15) is 5.10 Å². The highest BCUT2D eigenvalue weighted by atomic mass is 16.5. The molecule has 0 unspecified atom stereocenters. The summed E-state index contributed by atoms with van der Waals surface area (Å²) in [5.74, 6) is 0.522. The van der Waals surface area contributed by atoms with Crippen molar-refractivity contribution in [3.63, 3.8) is 0 Å². The summed E-state index contributed by atoms with van der Waals surface area (Å²) in [7, 11) is 1.57. The SMILES string of the molecule is COc1ccccc1N[C@H](C)C(=O)N/N=C\c1cccc(O)c1. The highest BCUT2D eigenvalue weighted by Crippen LogP contribution is 2.23. The first-order valence-corrected chi connectivity index (χ1v) is 7.11. The molecule has 1 atom stereocenters. The molecule has 0 saturated carbocycles. The number of hydrogen-bond donors (Lipinski definition) is 3. The van der Waals surface area contributed by atoms with Gasteiger partial charge in [0.15, 0.2) is 0 Å². The fraction of sp³-hybridized carbons (Fsp3) is 0.176. The highest BCUT2D eigenvalue weighted by Gasteiger charge is 2.13. The fourth-order valence-electron chi connectivity index (χ4n) is 1.94. The number of hydrogen-bond acceptors (Lipinski definition) is 5. The first-order chi connectivity index (χ1) is 11.1. The van der Waals surface area contributed by atoms with Crippen LogP contribution in [0.5, 0.6) is 11.5 Å². The molecule has 23 heavy (non-hydrogen) atoms. The molecule has 120 valence electrons. The summed E-state index contributed by atoms with van der Waals surface area (Å²) < 4.78 is 5.23. The van der Waals surface area contributed by atoms with Crippen molar-refractivity contribution >= 4 is 17.8 Å². The molecule has 0 aliphatic carbocycles. The zero-order chi connectivity index (χ0) is 16.7. The molecule has 0 aromatic heterocycles. The maximum Gasteiger partial charge on any atom is 0.262 e. The third kappa shape index (κ3) is 4.74. The van der Waals surface area contributed by atoms with Gasteiger partial charge >= 0.3 is 0 Å². The normalized spacial score (nSPS) is 11.9. The Hall–Kier alpha value is -3.02. The van der Waals surface area contributed by atoms with Crippen LogP contribution in [0.3, 0.4) is 0 Å². The molecule has 3 N–H and O–H groups in total. The minimum atomic E-state index is -0.493. The quantitative estimate of drug-likeness (QED) is 0.565. The number of phenols is 1. The Kier molecular flexibility index (Phi) is 5.57. The smallest absolute Gasteiger partial charge is 0.262 e. The van der Waals surface area contributed by atoms with Crippen LogP contribution in [0.2, 0.25) is 0 Å². The van der Waals surface area contributed by atoms with Gasteiger partial charge in [-0.05, 0) is 36.8 Å². The molecule has 0 saturated heterocycles. The largest absolute Gasteiger partial charge is 0.508 e. The maximum absolute atomic E-state index is 12.0. The molecular formula is C17H19N3O3. The van der Waals surface area contributed by atoms with Crippen molar-refractivity contribution in [2.45, 2.75) is 13.0 Å². The molecular weight excluding hydrogens is 294 g/mol. The van der Waals surface area contributed by atoms with E-state index < -0.39 is 6.04 Å². The Morgan fingerprint density at radius 2 is 2.04 bits per heavy atom. The molecule has 2 aromatic rings. The van der Waals surface area contributed by atoms with E-state index in [1.54, 1.807) is 38.3 Å². The van der Waals surface area contributed by atoms with Crippen LogP contribution in [0.4, 0.5) is 5.69 Å². The van der Waals surface area contributed by atoms with Crippen LogP contribution in [0.1, 0.15) is 12.5 Å². The van der Waals surface area contributed by atoms with Crippen molar-refractivity contribution in [2.75, 3.05) is 12.4 Å². The number of carbonyl (C=O) groups excluding carboxylic acids is 1. The predicted molar refractivity (Wildman–Crippen MR) is 89.9 cm³/mol. The zero-order valence-corrected chi connectivity index (χ0v) is 13.0. The van der Waals surface area contributed by atoms with Gasteiger partial charge in [0, 0.05) is 0 Å². The van der Waals surface area contributed by atoms with E-state index in [1.165, 1.54) is 6.21 Å². The molecule has 0 radical (unpaired) electrons. The van der Waals surface area contributed by atoms with E-state index in [2.05, 4.69) is 15.8 Å². The van der Waals surface area contributed by atoms with Crippen molar-refractivity contribution in [2.24, 2.45) is 5.10 Å². The fourth-order valence-corrected chi connectivity index (χ4v) is 1.94. The summed E-state index contributed by atoms with van der Waals surface area (Å²) in [6.45, 7) is 1.73. The molecule has 6 nitrogen and oxygen atoms in total. The van der Waals surface area contributed by atoms with Crippen LogP contribution < -0.4 is 15.5 Å². The molecule has 0 aliphatic rings. The van der Waals surface area contributed by atoms with Gasteiger partial charge in [-0.3, -0.25) is 4.79 Å². The Morgan fingerprint density at radius 3 is 2.78 bits per heavy atom. The van der Waals surface area contributed by atoms with E-state index >= 15 is 0 Å². The summed E-state index contributed by atoms with van der Waals surface area (Å²) in [5, 5.41) is 16.3. The molecule has 2 rings (SSSR count). The Balaban J connectivity index is 1.92. The summed E-state index contributed by atoms with van der Waals surface area (Å²) in [4.78, 5) is 12.0. The second-order valence-corrected chi connectivity index (χ2v) is 4.90. The van der Waals surface area contributed by atoms with Gasteiger partial charge in [-0.1, -0.05) is 24.3 Å². The summed E-state index contributed by atoms with van der Waals surface area (Å²) in [6, 6.07) is 13.4. The lowest BCUT2D eigenvalue weighted by atomic mass is 10.2. The Bertz CT molecular complexity index is 701. The number of rotatable bonds is 6. The van der Waals surface area contributed by atoms with Crippen LogP contribution in [0.15, 0.2) is 53.6 Å². The monoisotopic (exact) mass is 313 g/mol. The third-order valence-electron chi connectivity index (χ3n) is 3.13. The second-order valence-electron chi connectivity index (χ2n) is 4.90. The van der Waals surface area contributed by atoms with E-state index in [9.17, 15) is 9.90 Å². The topological polar surface area (TPSA) is 83.0 Å². The average molecular weight is 313 g/mol. The first kappa shape index (κ1) is 16.4. The lowest BCUT2D eigenvalue weighted by Crippen LogP contribution is -2.35. The predicted octanol–water partition coefficient (Wildman–Crippen LogP) is 2.35. The number of benzene rings is 2. The van der Waals surface area contributed by atoms with Gasteiger partial charge < -0.3 is 15.2 Å². The number of ether oxygens (including phenoxy) is 1. The highest BCUT2D eigenvalue weighted by molar-refractivity contribution is 5.86. The van der Waals surface area contributed by atoms with Crippen LogP contribution in [-0.2, 0) is 4.79 Å². The van der Waals surface area contributed by atoms with E-state index in [0.29, 0.717) is 11.3 Å². The molecule has 0 spiro atoms. The maximum atomic E-state index is 12.0. The number of phenolic OH excluding ortho intramolecular Hbond substituents is 1. The number of nitrogens with one attached hydrogen (secondary N) is 2.